The summed E-state index contributed by atoms with van der Waals surface area (Å²) in [4.78, 5) is 12.9. The number of fused-ring (bicyclic) bond motifs is 1. The fraction of sp³-hybridized carbons (Fsp3) is 0.526. The lowest BCUT2D eigenvalue weighted by Gasteiger charge is -2.37. The van der Waals surface area contributed by atoms with E-state index in [1.807, 2.05) is 30.5 Å². The Bertz CT molecular complexity index is 772. The van der Waals surface area contributed by atoms with Crippen LogP contribution in [0.4, 0.5) is 0 Å². The highest BCUT2D eigenvalue weighted by Gasteiger charge is 2.49. The first kappa shape index (κ1) is 17.0. The van der Waals surface area contributed by atoms with Gasteiger partial charge in [-0.3, -0.25) is 4.79 Å². The lowest BCUT2D eigenvalue weighted by molar-refractivity contribution is -0.134. The van der Waals surface area contributed by atoms with E-state index in [0.29, 0.717) is 12.5 Å². The first-order valence-electron chi connectivity index (χ1n) is 9.26. The lowest BCUT2D eigenvalue weighted by atomic mass is 9.67. The summed E-state index contributed by atoms with van der Waals surface area (Å²) in [6.07, 6.45) is 6.35. The molecule has 1 saturated carbocycles. The summed E-state index contributed by atoms with van der Waals surface area (Å²) in [5.41, 5.74) is 1.43. The Kier molecular flexibility index (Phi) is 4.63. The van der Waals surface area contributed by atoms with Gasteiger partial charge in [-0.1, -0.05) is 18.1 Å². The number of rotatable bonds is 5. The molecule has 2 N–H and O–H groups in total. The molecule has 138 valence electrons. The van der Waals surface area contributed by atoms with Gasteiger partial charge in [0.25, 0.3) is 0 Å². The fourth-order valence-electron chi connectivity index (χ4n) is 4.28. The van der Waals surface area contributed by atoms with Gasteiger partial charge in [-0.15, -0.1) is 5.10 Å². The Balaban J connectivity index is 1.40. The Hall–Kier alpha value is -2.41. The molecule has 0 radical (unpaired) electrons. The largest absolute Gasteiger partial charge is 0.497 e. The number of ether oxygens (including phenoxy) is 1. The minimum atomic E-state index is -0.232. The molecule has 1 saturated heterocycles. The van der Waals surface area contributed by atoms with E-state index < -0.39 is 0 Å². The molecular formula is C19H25N5O2. The van der Waals surface area contributed by atoms with Crippen molar-refractivity contribution in [1.29, 1.82) is 0 Å². The number of hydrogen-bond donors (Lipinski definition) is 2. The van der Waals surface area contributed by atoms with Gasteiger partial charge in [0, 0.05) is 6.54 Å². The summed E-state index contributed by atoms with van der Waals surface area (Å²) in [7, 11) is 1.64. The Morgan fingerprint density at radius 3 is 3.04 bits per heavy atom. The van der Waals surface area contributed by atoms with Gasteiger partial charge in [0.05, 0.1) is 31.0 Å². The van der Waals surface area contributed by atoms with Crippen LogP contribution in [0.5, 0.6) is 5.75 Å². The molecule has 2 fully saturated rings. The number of hydrogen-bond acceptors (Lipinski definition) is 5. The first-order valence-corrected chi connectivity index (χ1v) is 9.26. The number of methoxy groups -OCH3 is 1. The zero-order chi connectivity index (χ0) is 18.0. The molecule has 2 atom stereocenters. The van der Waals surface area contributed by atoms with Gasteiger partial charge in [-0.25, -0.2) is 4.68 Å². The molecule has 1 aromatic heterocycles. The Morgan fingerprint density at radius 2 is 2.23 bits per heavy atom. The van der Waals surface area contributed by atoms with Crippen LogP contribution >= 0.6 is 0 Å². The number of aromatic nitrogens is 3. The number of nitrogens with one attached hydrogen (secondary N) is 2. The SMILES string of the molecule is COc1ccc(-n2cc(CNC(=O)[C@@]34CCCC[C@H]3CNC4)nn2)cc1. The third-order valence-corrected chi connectivity index (χ3v) is 5.80. The number of carbonyl (C=O) groups excluding carboxylic acids is 1. The minimum absolute atomic E-state index is 0.159. The second kappa shape index (κ2) is 7.07. The standard InChI is InChI=1S/C19H25N5O2/c1-26-17-7-5-16(6-8-17)24-12-15(22-23-24)11-21-18(25)19-9-3-2-4-14(19)10-20-13-19/h5-8,12,14,20H,2-4,9-11,13H2,1H3,(H,21,25)/t14-,19+/m0/s1. The number of carbonyl (C=O) groups is 1. The maximum absolute atomic E-state index is 12.9. The van der Waals surface area contributed by atoms with E-state index in [4.69, 9.17) is 4.74 Å². The third kappa shape index (κ3) is 3.07. The Morgan fingerprint density at radius 1 is 1.38 bits per heavy atom. The highest BCUT2D eigenvalue weighted by Crippen LogP contribution is 2.43. The van der Waals surface area contributed by atoms with Crippen molar-refractivity contribution in [2.24, 2.45) is 11.3 Å². The summed E-state index contributed by atoms with van der Waals surface area (Å²) < 4.78 is 6.88. The van der Waals surface area contributed by atoms with Crippen LogP contribution in [0.15, 0.2) is 30.5 Å². The average molecular weight is 355 g/mol. The van der Waals surface area contributed by atoms with Gasteiger partial charge in [0.2, 0.25) is 5.91 Å². The summed E-state index contributed by atoms with van der Waals surface area (Å²) in [6.45, 7) is 2.16. The smallest absolute Gasteiger partial charge is 0.228 e. The van der Waals surface area contributed by atoms with Crippen molar-refractivity contribution in [3.05, 3.63) is 36.2 Å². The molecule has 2 heterocycles. The normalized spacial score (nSPS) is 24.9. The molecule has 7 nitrogen and oxygen atoms in total. The first-order chi connectivity index (χ1) is 12.7. The molecule has 1 aliphatic carbocycles. The average Bonchev–Trinajstić information content (AvgIpc) is 3.34. The zero-order valence-corrected chi connectivity index (χ0v) is 15.1. The zero-order valence-electron chi connectivity index (χ0n) is 15.1. The molecule has 0 bridgehead atoms. The van der Waals surface area contributed by atoms with Crippen molar-refractivity contribution in [3.63, 3.8) is 0 Å². The van der Waals surface area contributed by atoms with Crippen molar-refractivity contribution in [2.75, 3.05) is 20.2 Å². The Labute approximate surface area is 153 Å². The van der Waals surface area contributed by atoms with Crippen LogP contribution in [-0.2, 0) is 11.3 Å². The molecule has 2 aliphatic rings. The van der Waals surface area contributed by atoms with E-state index in [0.717, 1.165) is 49.5 Å². The van der Waals surface area contributed by atoms with E-state index in [2.05, 4.69) is 20.9 Å². The summed E-state index contributed by atoms with van der Waals surface area (Å²) >= 11 is 0. The van der Waals surface area contributed by atoms with Crippen molar-refractivity contribution >= 4 is 5.91 Å². The molecule has 26 heavy (non-hydrogen) atoms. The number of amides is 1. The molecule has 0 unspecified atom stereocenters. The van der Waals surface area contributed by atoms with Crippen LogP contribution in [-0.4, -0.2) is 41.1 Å². The van der Waals surface area contributed by atoms with Crippen LogP contribution in [0.3, 0.4) is 0 Å². The quantitative estimate of drug-likeness (QED) is 0.853. The second-order valence-electron chi connectivity index (χ2n) is 7.26. The minimum Gasteiger partial charge on any atom is -0.497 e. The predicted molar refractivity (Wildman–Crippen MR) is 97.0 cm³/mol. The number of nitrogens with zero attached hydrogens (tertiary/aromatic N) is 3. The third-order valence-electron chi connectivity index (χ3n) is 5.80. The lowest BCUT2D eigenvalue weighted by Crippen LogP contribution is -2.47. The molecule has 0 spiro atoms. The summed E-state index contributed by atoms with van der Waals surface area (Å²) in [6, 6.07) is 7.61. The molecule has 7 heteroatoms. The van der Waals surface area contributed by atoms with Gasteiger partial charge in [-0.2, -0.15) is 0 Å². The van der Waals surface area contributed by atoms with E-state index in [-0.39, 0.29) is 11.3 Å². The van der Waals surface area contributed by atoms with Gasteiger partial charge in [0.15, 0.2) is 0 Å². The highest BCUT2D eigenvalue weighted by atomic mass is 16.5. The van der Waals surface area contributed by atoms with Crippen molar-refractivity contribution in [2.45, 2.75) is 32.2 Å². The van der Waals surface area contributed by atoms with Crippen molar-refractivity contribution in [1.82, 2.24) is 25.6 Å². The maximum Gasteiger partial charge on any atom is 0.228 e. The van der Waals surface area contributed by atoms with Gasteiger partial charge < -0.3 is 15.4 Å². The van der Waals surface area contributed by atoms with Crippen LogP contribution in [0.25, 0.3) is 5.69 Å². The topological polar surface area (TPSA) is 81.1 Å². The highest BCUT2D eigenvalue weighted by molar-refractivity contribution is 5.83. The van der Waals surface area contributed by atoms with E-state index in [1.54, 1.807) is 11.8 Å². The second-order valence-corrected chi connectivity index (χ2v) is 7.26. The van der Waals surface area contributed by atoms with Crippen molar-refractivity contribution < 1.29 is 9.53 Å². The van der Waals surface area contributed by atoms with Gasteiger partial charge in [0.1, 0.15) is 11.4 Å². The predicted octanol–water partition coefficient (Wildman–Crippen LogP) is 1.67. The van der Waals surface area contributed by atoms with Crippen molar-refractivity contribution in [3.8, 4) is 11.4 Å². The van der Waals surface area contributed by atoms with Crippen LogP contribution in [0.2, 0.25) is 0 Å². The summed E-state index contributed by atoms with van der Waals surface area (Å²) in [5.74, 6) is 1.42. The van der Waals surface area contributed by atoms with E-state index in [1.165, 1.54) is 6.42 Å². The van der Waals surface area contributed by atoms with Crippen LogP contribution < -0.4 is 15.4 Å². The van der Waals surface area contributed by atoms with Gasteiger partial charge in [-0.05, 0) is 49.6 Å². The van der Waals surface area contributed by atoms with E-state index >= 15 is 0 Å². The molecular weight excluding hydrogens is 330 g/mol. The monoisotopic (exact) mass is 355 g/mol. The van der Waals surface area contributed by atoms with E-state index in [9.17, 15) is 4.79 Å². The molecule has 1 aliphatic heterocycles. The number of benzene rings is 1. The van der Waals surface area contributed by atoms with Crippen LogP contribution in [0, 0.1) is 11.3 Å². The van der Waals surface area contributed by atoms with Crippen LogP contribution in [0.1, 0.15) is 31.4 Å². The molecule has 2 aromatic rings. The maximum atomic E-state index is 12.9. The molecule has 1 amide bonds. The summed E-state index contributed by atoms with van der Waals surface area (Å²) in [5, 5.41) is 14.9. The molecule has 1 aromatic carbocycles. The fourth-order valence-corrected chi connectivity index (χ4v) is 4.28. The molecule has 4 rings (SSSR count). The van der Waals surface area contributed by atoms with Gasteiger partial charge >= 0.3 is 0 Å².